The molecule has 32 heavy (non-hydrogen) atoms. The summed E-state index contributed by atoms with van der Waals surface area (Å²) in [7, 11) is 0. The smallest absolute Gasteiger partial charge is 0.138 e. The summed E-state index contributed by atoms with van der Waals surface area (Å²) < 4.78 is 5.66. The van der Waals surface area contributed by atoms with Crippen molar-refractivity contribution in [2.75, 3.05) is 6.61 Å². The summed E-state index contributed by atoms with van der Waals surface area (Å²) in [4.78, 5) is 9.05. The highest BCUT2D eigenvalue weighted by Crippen LogP contribution is 2.40. The van der Waals surface area contributed by atoms with Crippen molar-refractivity contribution in [3.63, 3.8) is 0 Å². The molecular weight excluding hydrogens is 430 g/mol. The van der Waals surface area contributed by atoms with Crippen LogP contribution in [-0.2, 0) is 17.6 Å². The summed E-state index contributed by atoms with van der Waals surface area (Å²) in [5.74, 6) is 0. The van der Waals surface area contributed by atoms with E-state index in [0.29, 0.717) is 10.6 Å². The zero-order chi connectivity index (χ0) is 22.7. The predicted octanol–water partition coefficient (Wildman–Crippen LogP) is 1.57. The molecule has 0 radical (unpaired) electrons. The maximum Gasteiger partial charge on any atom is 0.138 e. The zero-order valence-electron chi connectivity index (χ0n) is 17.6. The van der Waals surface area contributed by atoms with E-state index in [1.807, 2.05) is 12.1 Å². The van der Waals surface area contributed by atoms with Crippen molar-refractivity contribution in [3.05, 3.63) is 41.3 Å². The molecule has 1 aliphatic heterocycles. The molecule has 2 aliphatic rings. The van der Waals surface area contributed by atoms with Gasteiger partial charge in [-0.05, 0) is 37.3 Å². The van der Waals surface area contributed by atoms with Crippen LogP contribution < -0.4 is 0 Å². The van der Waals surface area contributed by atoms with Gasteiger partial charge >= 0.3 is 0 Å². The van der Waals surface area contributed by atoms with E-state index in [2.05, 4.69) is 11.1 Å². The van der Waals surface area contributed by atoms with E-state index in [1.165, 1.54) is 0 Å². The standard InChI is InChI=1S/C23H27N3O5S/c24-10-15-18(13-6-5-9-25-11-13)14-7-3-1-2-4-8-16(14)26-22(15)32-23-21(30)20(29)19(28)17(12-27)31-23/h5-6,9,11,17,19-21,23,27-30H,1-4,7-8,12H2/t17-,19+,20+,21-,23+/m1/s1. The summed E-state index contributed by atoms with van der Waals surface area (Å²) in [6.07, 6.45) is 3.98. The molecule has 4 rings (SSSR count). The van der Waals surface area contributed by atoms with Crippen LogP contribution in [-0.4, -0.2) is 66.9 Å². The molecule has 0 aromatic carbocycles. The van der Waals surface area contributed by atoms with Crippen LogP contribution in [0.5, 0.6) is 0 Å². The average molecular weight is 458 g/mol. The number of thioether (sulfide) groups is 1. The van der Waals surface area contributed by atoms with Crippen LogP contribution in [0.1, 0.15) is 42.5 Å². The highest BCUT2D eigenvalue weighted by molar-refractivity contribution is 7.99. The second-order valence-corrected chi connectivity index (χ2v) is 9.26. The fraction of sp³-hybridized carbons (Fsp3) is 0.522. The van der Waals surface area contributed by atoms with E-state index >= 15 is 0 Å². The maximum absolute atomic E-state index is 10.5. The Kier molecular flexibility index (Phi) is 7.40. The van der Waals surface area contributed by atoms with Gasteiger partial charge in [-0.25, -0.2) is 4.98 Å². The molecule has 1 aliphatic carbocycles. The molecule has 8 nitrogen and oxygen atoms in total. The summed E-state index contributed by atoms with van der Waals surface area (Å²) in [5.41, 5.74) is 3.00. The number of aliphatic hydroxyl groups is 4. The lowest BCUT2D eigenvalue weighted by molar-refractivity contribution is -0.205. The summed E-state index contributed by atoms with van der Waals surface area (Å²) in [5, 5.41) is 50.7. The van der Waals surface area contributed by atoms with E-state index in [1.54, 1.807) is 12.4 Å². The number of hydrogen-bond donors (Lipinski definition) is 4. The van der Waals surface area contributed by atoms with Crippen LogP contribution in [0.2, 0.25) is 0 Å². The molecule has 2 aromatic heterocycles. The van der Waals surface area contributed by atoms with E-state index in [4.69, 9.17) is 9.72 Å². The number of aryl methyl sites for hydroxylation is 1. The Morgan fingerprint density at radius 2 is 1.88 bits per heavy atom. The van der Waals surface area contributed by atoms with Crippen molar-refractivity contribution in [2.45, 2.75) is 73.4 Å². The lowest BCUT2D eigenvalue weighted by Crippen LogP contribution is -2.57. The highest BCUT2D eigenvalue weighted by Gasteiger charge is 2.44. The fourth-order valence-corrected chi connectivity index (χ4v) is 5.51. The molecule has 3 heterocycles. The van der Waals surface area contributed by atoms with Crippen molar-refractivity contribution in [1.82, 2.24) is 9.97 Å². The quantitative estimate of drug-likeness (QED) is 0.538. The Bertz CT molecular complexity index is 982. The van der Waals surface area contributed by atoms with E-state index in [0.717, 1.165) is 72.7 Å². The van der Waals surface area contributed by atoms with Gasteiger partial charge in [0.05, 0.1) is 12.2 Å². The third-order valence-corrected chi connectivity index (χ3v) is 7.22. The van der Waals surface area contributed by atoms with Crippen LogP contribution in [0, 0.1) is 11.3 Å². The molecular formula is C23H27N3O5S. The number of nitrogens with zero attached hydrogens (tertiary/aromatic N) is 3. The van der Waals surface area contributed by atoms with Gasteiger partial charge in [0.1, 0.15) is 40.9 Å². The van der Waals surface area contributed by atoms with Gasteiger partial charge in [0, 0.05) is 29.2 Å². The Labute approximate surface area is 190 Å². The summed E-state index contributed by atoms with van der Waals surface area (Å²) >= 11 is 1.03. The van der Waals surface area contributed by atoms with Gasteiger partial charge in [-0.3, -0.25) is 4.98 Å². The third-order valence-electron chi connectivity index (χ3n) is 6.08. The van der Waals surface area contributed by atoms with Crippen LogP contribution in [0.25, 0.3) is 11.1 Å². The van der Waals surface area contributed by atoms with Crippen molar-refractivity contribution in [3.8, 4) is 17.2 Å². The van der Waals surface area contributed by atoms with Gasteiger partial charge in [0.2, 0.25) is 0 Å². The molecule has 9 heteroatoms. The zero-order valence-corrected chi connectivity index (χ0v) is 18.4. The number of nitriles is 1. The number of rotatable bonds is 4. The highest BCUT2D eigenvalue weighted by atomic mass is 32.2. The minimum Gasteiger partial charge on any atom is -0.394 e. The second-order valence-electron chi connectivity index (χ2n) is 8.18. The van der Waals surface area contributed by atoms with Crippen LogP contribution in [0.15, 0.2) is 29.6 Å². The number of pyridine rings is 2. The van der Waals surface area contributed by atoms with Crippen LogP contribution in [0.4, 0.5) is 0 Å². The van der Waals surface area contributed by atoms with Crippen molar-refractivity contribution in [2.24, 2.45) is 0 Å². The first kappa shape index (κ1) is 23.1. The topological polar surface area (TPSA) is 140 Å². The maximum atomic E-state index is 10.5. The lowest BCUT2D eigenvalue weighted by Gasteiger charge is -2.39. The van der Waals surface area contributed by atoms with Gasteiger partial charge in [0.15, 0.2) is 0 Å². The molecule has 2 aromatic rings. The summed E-state index contributed by atoms with van der Waals surface area (Å²) in [6.45, 7) is -0.508. The molecule has 170 valence electrons. The molecule has 5 atom stereocenters. The fourth-order valence-electron chi connectivity index (χ4n) is 4.36. The molecule has 0 spiro atoms. The monoisotopic (exact) mass is 457 g/mol. The van der Waals surface area contributed by atoms with Crippen LogP contribution in [0.3, 0.4) is 0 Å². The van der Waals surface area contributed by atoms with E-state index < -0.39 is 36.5 Å². The van der Waals surface area contributed by atoms with Gasteiger partial charge < -0.3 is 25.2 Å². The minimum atomic E-state index is -1.48. The van der Waals surface area contributed by atoms with Gasteiger partial charge in [0.25, 0.3) is 0 Å². The van der Waals surface area contributed by atoms with Crippen molar-refractivity contribution < 1.29 is 25.2 Å². The second kappa shape index (κ2) is 10.3. The largest absolute Gasteiger partial charge is 0.394 e. The lowest BCUT2D eigenvalue weighted by atomic mass is 9.89. The molecule has 1 fully saturated rings. The Morgan fingerprint density at radius 1 is 1.09 bits per heavy atom. The Morgan fingerprint density at radius 3 is 2.56 bits per heavy atom. The molecule has 0 saturated carbocycles. The number of fused-ring (bicyclic) bond motifs is 1. The first-order valence-electron chi connectivity index (χ1n) is 10.9. The molecule has 1 saturated heterocycles. The predicted molar refractivity (Wildman–Crippen MR) is 118 cm³/mol. The number of aliphatic hydroxyl groups excluding tert-OH is 4. The number of aromatic nitrogens is 2. The Hall–Kier alpha value is -2.06. The molecule has 0 unspecified atom stereocenters. The van der Waals surface area contributed by atoms with E-state index in [-0.39, 0.29) is 0 Å². The number of hydrogen-bond acceptors (Lipinski definition) is 9. The van der Waals surface area contributed by atoms with Crippen molar-refractivity contribution in [1.29, 1.82) is 5.26 Å². The normalized spacial score (nSPS) is 28.3. The van der Waals surface area contributed by atoms with Crippen LogP contribution >= 0.6 is 11.8 Å². The summed E-state index contributed by atoms with van der Waals surface area (Å²) in [6, 6.07) is 6.04. The molecule has 0 bridgehead atoms. The first-order chi connectivity index (χ1) is 15.5. The van der Waals surface area contributed by atoms with Gasteiger partial charge in [-0.2, -0.15) is 5.26 Å². The van der Waals surface area contributed by atoms with Crippen molar-refractivity contribution >= 4 is 11.8 Å². The average Bonchev–Trinajstić information content (AvgIpc) is 2.80. The minimum absolute atomic E-state index is 0.374. The third kappa shape index (κ3) is 4.53. The molecule has 0 amide bonds. The molecule has 4 N–H and O–H groups in total. The Balaban J connectivity index is 1.80. The number of ether oxygens (including phenoxy) is 1. The van der Waals surface area contributed by atoms with Gasteiger partial charge in [-0.15, -0.1) is 0 Å². The first-order valence-corrected chi connectivity index (χ1v) is 11.8. The van der Waals surface area contributed by atoms with E-state index in [9.17, 15) is 25.7 Å². The SMILES string of the molecule is N#Cc1c(S[C@@H]2O[C@H](CO)[C@H](O)[C@H](O)[C@H]2O)nc2c(c1-c1cccnc1)CCCCCC2. The van der Waals surface area contributed by atoms with Gasteiger partial charge in [-0.1, -0.05) is 30.7 Å².